The van der Waals surface area contributed by atoms with E-state index in [2.05, 4.69) is 5.16 Å². The summed E-state index contributed by atoms with van der Waals surface area (Å²) in [7, 11) is -3.13. The minimum absolute atomic E-state index is 0.0265. The Morgan fingerprint density at radius 1 is 1.15 bits per heavy atom. The lowest BCUT2D eigenvalue weighted by atomic mass is 9.88. The number of aromatic nitrogens is 1. The molecule has 1 aliphatic rings. The van der Waals surface area contributed by atoms with Gasteiger partial charge in [0, 0.05) is 11.1 Å². The standard InChI is InChI=1S/C23H22N3O7S/c1-5-32-16-9-7-6-8-14(16)18-19-15(10-11-17(31-4)20(19)22(24)27)26(23(18)28)34(29,30)21-12(2)25-33-13(21)3/h6-11H,5H2,1-4H3,(H2,24,27). The molecule has 1 aromatic heterocycles. The summed E-state index contributed by atoms with van der Waals surface area (Å²) in [5.74, 6) is -1.35. The Labute approximate surface area is 196 Å². The van der Waals surface area contributed by atoms with Crippen LogP contribution < -0.4 is 19.5 Å². The maximum atomic E-state index is 13.9. The van der Waals surface area contributed by atoms with E-state index in [0.717, 1.165) is 0 Å². The Bertz CT molecular complexity index is 1390. The topological polar surface area (TPSA) is 142 Å². The molecule has 0 saturated heterocycles. The van der Waals surface area contributed by atoms with Crippen LogP contribution in [0.5, 0.6) is 11.5 Å². The summed E-state index contributed by atoms with van der Waals surface area (Å²) in [5.41, 5.74) is 5.96. The molecule has 0 unspecified atom stereocenters. The second kappa shape index (κ2) is 8.49. The van der Waals surface area contributed by atoms with Crippen LogP contribution >= 0.6 is 0 Å². The molecule has 0 spiro atoms. The maximum Gasteiger partial charge on any atom is 0.276 e. The summed E-state index contributed by atoms with van der Waals surface area (Å²) < 4.78 is 44.2. The predicted octanol–water partition coefficient (Wildman–Crippen LogP) is 2.50. The van der Waals surface area contributed by atoms with Gasteiger partial charge in [-0.05, 0) is 39.0 Å². The molecule has 177 valence electrons. The smallest absolute Gasteiger partial charge is 0.276 e. The van der Waals surface area contributed by atoms with E-state index < -0.39 is 21.8 Å². The molecule has 11 heteroatoms. The zero-order valence-electron chi connectivity index (χ0n) is 18.9. The van der Waals surface area contributed by atoms with Crippen LogP contribution in [-0.4, -0.2) is 39.1 Å². The maximum absolute atomic E-state index is 13.9. The van der Waals surface area contributed by atoms with Crippen molar-refractivity contribution in [2.24, 2.45) is 5.73 Å². The largest absolute Gasteiger partial charge is 0.496 e. The van der Waals surface area contributed by atoms with Gasteiger partial charge < -0.3 is 19.7 Å². The number of hydrogen-bond acceptors (Lipinski definition) is 8. The monoisotopic (exact) mass is 484 g/mol. The summed E-state index contributed by atoms with van der Waals surface area (Å²) >= 11 is 0. The van der Waals surface area contributed by atoms with E-state index in [1.807, 2.05) is 0 Å². The molecule has 10 nitrogen and oxygen atoms in total. The second-order valence-electron chi connectivity index (χ2n) is 7.43. The lowest BCUT2D eigenvalue weighted by Crippen LogP contribution is -2.36. The Morgan fingerprint density at radius 2 is 1.85 bits per heavy atom. The summed E-state index contributed by atoms with van der Waals surface area (Å²) in [4.78, 5) is 26.2. The molecule has 2 aromatic carbocycles. The molecule has 1 radical (unpaired) electrons. The van der Waals surface area contributed by atoms with Gasteiger partial charge in [0.25, 0.3) is 21.8 Å². The number of sulfonamides is 1. The van der Waals surface area contributed by atoms with Crippen LogP contribution in [0.2, 0.25) is 0 Å². The first-order valence-corrected chi connectivity index (χ1v) is 11.7. The van der Waals surface area contributed by atoms with Gasteiger partial charge >= 0.3 is 0 Å². The average Bonchev–Trinajstić information content (AvgIpc) is 3.29. The second-order valence-corrected chi connectivity index (χ2v) is 9.16. The SMILES string of the molecule is CCOc1ccccc1[C]1C(=O)N(S(=O)(=O)c2c(C)noc2C)c2ccc(OC)c(C(N)=O)c21. The number of carbonyl (C=O) groups excluding carboxylic acids is 2. The van der Waals surface area contributed by atoms with E-state index in [9.17, 15) is 18.0 Å². The van der Waals surface area contributed by atoms with Crippen molar-refractivity contribution in [3.8, 4) is 11.5 Å². The van der Waals surface area contributed by atoms with E-state index in [-0.39, 0.29) is 44.8 Å². The van der Waals surface area contributed by atoms with Crippen LogP contribution in [0.4, 0.5) is 5.69 Å². The van der Waals surface area contributed by atoms with Crippen molar-refractivity contribution in [3.05, 3.63) is 70.5 Å². The molecule has 3 aromatic rings. The molecule has 1 aliphatic heterocycles. The van der Waals surface area contributed by atoms with Crippen molar-refractivity contribution in [1.29, 1.82) is 0 Å². The molecule has 2 amide bonds. The van der Waals surface area contributed by atoms with Crippen molar-refractivity contribution in [2.75, 3.05) is 18.0 Å². The molecule has 2 heterocycles. The molecule has 4 rings (SSSR count). The number of primary amides is 1. The Hall–Kier alpha value is -3.86. The highest BCUT2D eigenvalue weighted by atomic mass is 32.2. The van der Waals surface area contributed by atoms with E-state index in [4.69, 9.17) is 19.7 Å². The fourth-order valence-electron chi connectivity index (χ4n) is 4.10. The minimum Gasteiger partial charge on any atom is -0.496 e. The molecular formula is C23H22N3O7S. The third-order valence-corrected chi connectivity index (χ3v) is 7.34. The highest BCUT2D eigenvalue weighted by Crippen LogP contribution is 2.49. The molecule has 0 bridgehead atoms. The first-order chi connectivity index (χ1) is 16.1. The average molecular weight is 485 g/mol. The number of ether oxygens (including phenoxy) is 2. The van der Waals surface area contributed by atoms with E-state index >= 15 is 0 Å². The van der Waals surface area contributed by atoms with E-state index in [1.165, 1.54) is 33.1 Å². The van der Waals surface area contributed by atoms with Crippen LogP contribution in [0, 0.1) is 19.8 Å². The number of rotatable bonds is 7. The molecule has 2 N–H and O–H groups in total. The highest BCUT2D eigenvalue weighted by molar-refractivity contribution is 7.93. The molecular weight excluding hydrogens is 462 g/mol. The number of nitrogens with two attached hydrogens (primary N) is 1. The normalized spacial score (nSPS) is 13.8. The van der Waals surface area contributed by atoms with Crippen molar-refractivity contribution >= 4 is 27.5 Å². The van der Waals surface area contributed by atoms with Crippen LogP contribution in [0.15, 0.2) is 45.8 Å². The van der Waals surface area contributed by atoms with Crippen LogP contribution in [0.3, 0.4) is 0 Å². The van der Waals surface area contributed by atoms with Gasteiger partial charge in [-0.1, -0.05) is 23.4 Å². The molecule has 0 saturated carbocycles. The van der Waals surface area contributed by atoms with Crippen molar-refractivity contribution in [1.82, 2.24) is 5.16 Å². The Morgan fingerprint density at radius 3 is 2.44 bits per heavy atom. The molecule has 0 aliphatic carbocycles. The van der Waals surface area contributed by atoms with Crippen molar-refractivity contribution in [3.63, 3.8) is 0 Å². The zero-order chi connectivity index (χ0) is 24.8. The fourth-order valence-corrected chi connectivity index (χ4v) is 5.82. The number of fused-ring (bicyclic) bond motifs is 1. The number of amides is 2. The van der Waals surface area contributed by atoms with Gasteiger partial charge in [-0.15, -0.1) is 0 Å². The summed E-state index contributed by atoms with van der Waals surface area (Å²) in [5, 5.41) is 3.71. The highest BCUT2D eigenvalue weighted by Gasteiger charge is 2.50. The molecule has 0 atom stereocenters. The summed E-state index contributed by atoms with van der Waals surface area (Å²) in [6.45, 7) is 4.97. The van der Waals surface area contributed by atoms with Gasteiger partial charge in [0.15, 0.2) is 10.7 Å². The Balaban J connectivity index is 2.07. The van der Waals surface area contributed by atoms with E-state index in [0.29, 0.717) is 22.2 Å². The van der Waals surface area contributed by atoms with Crippen LogP contribution in [0.25, 0.3) is 0 Å². The lowest BCUT2D eigenvalue weighted by Gasteiger charge is -2.18. The quantitative estimate of drug-likeness (QED) is 0.539. The number of para-hydroxylation sites is 1. The van der Waals surface area contributed by atoms with Crippen LogP contribution in [-0.2, 0) is 14.8 Å². The third-order valence-electron chi connectivity index (χ3n) is 5.40. The van der Waals surface area contributed by atoms with Gasteiger partial charge in [0.2, 0.25) is 0 Å². The third kappa shape index (κ3) is 3.39. The zero-order valence-corrected chi connectivity index (χ0v) is 19.7. The first-order valence-electron chi connectivity index (χ1n) is 10.3. The molecule has 0 fully saturated rings. The number of anilines is 1. The number of nitrogens with zero attached hydrogens (tertiary/aromatic N) is 2. The molecule has 34 heavy (non-hydrogen) atoms. The first kappa shape index (κ1) is 23.3. The van der Waals surface area contributed by atoms with E-state index in [1.54, 1.807) is 31.2 Å². The van der Waals surface area contributed by atoms with Crippen LogP contribution in [0.1, 0.15) is 39.9 Å². The summed E-state index contributed by atoms with van der Waals surface area (Å²) in [6.07, 6.45) is 0. The number of aryl methyl sites for hydroxylation is 2. The lowest BCUT2D eigenvalue weighted by molar-refractivity contribution is -0.114. The van der Waals surface area contributed by atoms with Gasteiger partial charge in [-0.25, -0.2) is 12.7 Å². The number of hydrogen-bond donors (Lipinski definition) is 1. The van der Waals surface area contributed by atoms with Gasteiger partial charge in [-0.2, -0.15) is 0 Å². The summed E-state index contributed by atoms with van der Waals surface area (Å²) in [6, 6.07) is 9.43. The minimum atomic E-state index is -4.47. The van der Waals surface area contributed by atoms with Crippen molar-refractivity contribution in [2.45, 2.75) is 25.7 Å². The number of carbonyl (C=O) groups is 2. The van der Waals surface area contributed by atoms with Gasteiger partial charge in [0.1, 0.15) is 23.1 Å². The van der Waals surface area contributed by atoms with Gasteiger partial charge in [0.05, 0.1) is 25.0 Å². The Kier molecular flexibility index (Phi) is 5.82. The predicted molar refractivity (Wildman–Crippen MR) is 121 cm³/mol. The number of methoxy groups -OCH3 is 1. The fraction of sp³-hybridized carbons (Fsp3) is 0.217. The number of benzene rings is 2. The van der Waals surface area contributed by atoms with Gasteiger partial charge in [-0.3, -0.25) is 9.59 Å². The van der Waals surface area contributed by atoms with Crippen molar-refractivity contribution < 1.29 is 32.0 Å².